The summed E-state index contributed by atoms with van der Waals surface area (Å²) in [4.78, 5) is 0. The minimum Gasteiger partial charge on any atom is -0.197 e. The first kappa shape index (κ1) is 13.3. The van der Waals surface area contributed by atoms with Gasteiger partial charge in [-0.1, -0.05) is 50.2 Å². The second kappa shape index (κ2) is 10.4. The van der Waals surface area contributed by atoms with Crippen LogP contribution in [0.2, 0.25) is 0 Å². The van der Waals surface area contributed by atoms with Crippen LogP contribution in [0.15, 0.2) is 0 Å². The Labute approximate surface area is 94.7 Å². The lowest BCUT2D eigenvalue weighted by atomic mass is 10.2. The van der Waals surface area contributed by atoms with Gasteiger partial charge in [-0.15, -0.1) is 11.8 Å². The third-order valence-electron chi connectivity index (χ3n) is 1.47. The van der Waals surface area contributed by atoms with Gasteiger partial charge in [-0.3, -0.25) is 0 Å². The van der Waals surface area contributed by atoms with Crippen LogP contribution in [0.25, 0.3) is 0 Å². The molecule has 0 aromatic carbocycles. The van der Waals surface area contributed by atoms with Crippen LogP contribution in [0.1, 0.15) is 32.6 Å². The predicted octanol–water partition coefficient (Wildman–Crippen LogP) is 3.84. The number of rotatable bonds is 6. The highest BCUT2D eigenvalue weighted by molar-refractivity contribution is 8.47. The van der Waals surface area contributed by atoms with Crippen molar-refractivity contribution in [1.29, 1.82) is 5.26 Å². The van der Waals surface area contributed by atoms with E-state index < -0.39 is 0 Å². The maximum Gasteiger partial charge on any atom is 0.105 e. The normalized spacial score (nSPS) is 9.54. The van der Waals surface area contributed by atoms with Gasteiger partial charge in [0.1, 0.15) is 3.53 Å². The Morgan fingerprint density at radius 1 is 1.31 bits per heavy atom. The van der Waals surface area contributed by atoms with Crippen molar-refractivity contribution in [2.45, 2.75) is 32.6 Å². The number of nitriles is 1. The summed E-state index contributed by atoms with van der Waals surface area (Å²) in [6.45, 7) is 2.21. The minimum absolute atomic E-state index is 0.487. The molecule has 0 aliphatic carbocycles. The first-order valence-corrected chi connectivity index (χ1v) is 6.85. The van der Waals surface area contributed by atoms with Crippen LogP contribution in [-0.2, 0) is 0 Å². The molecule has 0 fully saturated rings. The zero-order valence-corrected chi connectivity index (χ0v) is 10.4. The van der Waals surface area contributed by atoms with E-state index in [9.17, 15) is 0 Å². The molecule has 0 radical (unpaired) electrons. The lowest BCUT2D eigenvalue weighted by Crippen LogP contribution is -1.86. The lowest BCUT2D eigenvalue weighted by molar-refractivity contribution is 0.707. The third-order valence-corrected chi connectivity index (χ3v) is 4.12. The number of thiocarbonyl (C=S) groups is 1. The van der Waals surface area contributed by atoms with Crippen LogP contribution in [0, 0.1) is 11.3 Å². The average Bonchev–Trinajstić information content (AvgIpc) is 2.14. The van der Waals surface area contributed by atoms with E-state index in [1.807, 2.05) is 0 Å². The molecule has 0 aliphatic heterocycles. The van der Waals surface area contributed by atoms with Crippen LogP contribution >= 0.6 is 35.7 Å². The molecule has 0 N–H and O–H groups in total. The summed E-state index contributed by atoms with van der Waals surface area (Å²) in [5.41, 5.74) is 0. The summed E-state index contributed by atoms with van der Waals surface area (Å²) in [5, 5.41) is 8.32. The fourth-order valence-corrected chi connectivity index (χ4v) is 2.70. The Balaban J connectivity index is 3.13. The second-order valence-corrected chi connectivity index (χ2v) is 5.88. The molecule has 0 aromatic rings. The molecular formula is C9H15NS3. The maximum absolute atomic E-state index is 8.32. The van der Waals surface area contributed by atoms with Crippen molar-refractivity contribution in [2.24, 2.45) is 0 Å². The number of thioether (sulfide) groups is 2. The van der Waals surface area contributed by atoms with Crippen molar-refractivity contribution in [3.63, 3.8) is 0 Å². The van der Waals surface area contributed by atoms with Crippen molar-refractivity contribution in [1.82, 2.24) is 0 Å². The lowest BCUT2D eigenvalue weighted by Gasteiger charge is -2.00. The average molecular weight is 233 g/mol. The molecule has 0 spiro atoms. The molecule has 0 aromatic heterocycles. The van der Waals surface area contributed by atoms with Crippen molar-refractivity contribution in [3.8, 4) is 6.07 Å². The molecule has 4 heteroatoms. The predicted molar refractivity (Wildman–Crippen MR) is 67.3 cm³/mol. The van der Waals surface area contributed by atoms with Gasteiger partial charge < -0.3 is 0 Å². The zero-order valence-electron chi connectivity index (χ0n) is 7.91. The van der Waals surface area contributed by atoms with Gasteiger partial charge in [-0.2, -0.15) is 5.26 Å². The van der Waals surface area contributed by atoms with Crippen molar-refractivity contribution < 1.29 is 0 Å². The molecule has 1 nitrogen and oxygen atoms in total. The number of nitrogens with zero attached hydrogens (tertiary/aromatic N) is 1. The van der Waals surface area contributed by atoms with E-state index in [4.69, 9.17) is 17.5 Å². The minimum atomic E-state index is 0.487. The molecule has 0 unspecified atom stereocenters. The molecule has 0 atom stereocenters. The van der Waals surface area contributed by atoms with Gasteiger partial charge in [-0.25, -0.2) is 0 Å². The Morgan fingerprint density at radius 3 is 2.69 bits per heavy atom. The summed E-state index contributed by atoms with van der Waals surface area (Å²) < 4.78 is 0.915. The van der Waals surface area contributed by atoms with Gasteiger partial charge in [0, 0.05) is 0 Å². The smallest absolute Gasteiger partial charge is 0.105 e. The highest BCUT2D eigenvalue weighted by atomic mass is 32.2. The quantitative estimate of drug-likeness (QED) is 0.514. The Morgan fingerprint density at radius 2 is 2.08 bits per heavy atom. The highest BCUT2D eigenvalue weighted by Gasteiger charge is 1.97. The van der Waals surface area contributed by atoms with Crippen LogP contribution in [0.3, 0.4) is 0 Å². The van der Waals surface area contributed by atoms with Crippen LogP contribution in [0.4, 0.5) is 0 Å². The summed E-state index contributed by atoms with van der Waals surface area (Å²) >= 11 is 8.26. The number of hydrogen-bond acceptors (Lipinski definition) is 4. The first-order valence-electron chi connectivity index (χ1n) is 4.47. The van der Waals surface area contributed by atoms with Gasteiger partial charge in [-0.05, 0) is 12.2 Å². The molecular weight excluding hydrogens is 218 g/mol. The van der Waals surface area contributed by atoms with E-state index in [1.165, 1.54) is 37.4 Å². The molecule has 0 aliphatic rings. The Bertz CT molecular complexity index is 174. The zero-order chi connectivity index (χ0) is 9.94. The van der Waals surface area contributed by atoms with E-state index in [-0.39, 0.29) is 0 Å². The fraction of sp³-hybridized carbons (Fsp3) is 0.778. The molecule has 0 rings (SSSR count). The summed E-state index contributed by atoms with van der Waals surface area (Å²) in [5.74, 6) is 1.60. The van der Waals surface area contributed by atoms with Gasteiger partial charge in [0.15, 0.2) is 0 Å². The standard InChI is InChI=1S/C9H15NS3/c1-2-3-4-5-7-12-9(11)13-8-6-10/h2-5,7-8H2,1H3. The van der Waals surface area contributed by atoms with E-state index >= 15 is 0 Å². The molecule has 0 saturated heterocycles. The van der Waals surface area contributed by atoms with Crippen LogP contribution < -0.4 is 0 Å². The number of unbranched alkanes of at least 4 members (excludes halogenated alkanes) is 3. The maximum atomic E-state index is 8.32. The Kier molecular flexibility index (Phi) is 10.6. The molecule has 0 saturated carbocycles. The van der Waals surface area contributed by atoms with Crippen molar-refractivity contribution in [3.05, 3.63) is 0 Å². The summed E-state index contributed by atoms with van der Waals surface area (Å²) in [6.07, 6.45) is 5.14. The van der Waals surface area contributed by atoms with E-state index in [0.29, 0.717) is 5.75 Å². The summed E-state index contributed by atoms with van der Waals surface area (Å²) in [7, 11) is 0. The van der Waals surface area contributed by atoms with E-state index in [2.05, 4.69) is 13.0 Å². The van der Waals surface area contributed by atoms with Gasteiger partial charge in [0.25, 0.3) is 0 Å². The molecule has 74 valence electrons. The van der Waals surface area contributed by atoms with Crippen LogP contribution in [-0.4, -0.2) is 15.0 Å². The van der Waals surface area contributed by atoms with Gasteiger partial charge in [0.05, 0.1) is 11.8 Å². The summed E-state index contributed by atoms with van der Waals surface area (Å²) in [6, 6.07) is 2.07. The fourth-order valence-electron chi connectivity index (χ4n) is 0.817. The first-order chi connectivity index (χ1) is 6.31. The SMILES string of the molecule is CCCCCCSC(=S)SCC#N. The van der Waals surface area contributed by atoms with Crippen molar-refractivity contribution in [2.75, 3.05) is 11.5 Å². The second-order valence-electron chi connectivity index (χ2n) is 2.61. The monoisotopic (exact) mass is 233 g/mol. The molecule has 13 heavy (non-hydrogen) atoms. The molecule has 0 bridgehead atoms. The molecule has 0 heterocycles. The largest absolute Gasteiger partial charge is 0.197 e. The van der Waals surface area contributed by atoms with E-state index in [1.54, 1.807) is 11.8 Å². The Hall–Kier alpha value is 0.280. The number of hydrogen-bond donors (Lipinski definition) is 0. The van der Waals surface area contributed by atoms with Crippen LogP contribution in [0.5, 0.6) is 0 Å². The van der Waals surface area contributed by atoms with Crippen molar-refractivity contribution >= 4 is 39.3 Å². The molecule has 0 amide bonds. The van der Waals surface area contributed by atoms with E-state index in [0.717, 1.165) is 9.28 Å². The van der Waals surface area contributed by atoms with Gasteiger partial charge >= 0.3 is 0 Å². The highest BCUT2D eigenvalue weighted by Crippen LogP contribution is 2.18. The van der Waals surface area contributed by atoms with Gasteiger partial charge in [0.2, 0.25) is 0 Å². The third kappa shape index (κ3) is 10.2. The topological polar surface area (TPSA) is 23.8 Å².